The first-order valence-electron chi connectivity index (χ1n) is 6.10. The van der Waals surface area contributed by atoms with Gasteiger partial charge in [0.2, 0.25) is 0 Å². The van der Waals surface area contributed by atoms with E-state index in [0.29, 0.717) is 6.42 Å². The van der Waals surface area contributed by atoms with Crippen LogP contribution in [0.1, 0.15) is 27.2 Å². The summed E-state index contributed by atoms with van der Waals surface area (Å²) in [5.41, 5.74) is 7.83. The lowest BCUT2D eigenvalue weighted by molar-refractivity contribution is 0.119. The molecule has 1 aromatic rings. The number of halogens is 2. The molecule has 2 N–H and O–H groups in total. The molecule has 2 rings (SSSR count). The van der Waals surface area contributed by atoms with Crippen molar-refractivity contribution in [2.24, 2.45) is 5.73 Å². The van der Waals surface area contributed by atoms with Gasteiger partial charge in [-0.2, -0.15) is 0 Å². The van der Waals surface area contributed by atoms with Gasteiger partial charge in [-0.05, 0) is 50.1 Å². The van der Waals surface area contributed by atoms with E-state index < -0.39 is 17.2 Å². The maximum Gasteiger partial charge on any atom is 0.168 e. The Morgan fingerprint density at radius 1 is 1.26 bits per heavy atom. The Hall–Kier alpha value is -1.84. The summed E-state index contributed by atoms with van der Waals surface area (Å²) in [5.74, 6) is -1.27. The lowest BCUT2D eigenvalue weighted by atomic mass is 9.84. The molecule has 0 saturated heterocycles. The number of benzene rings is 1. The van der Waals surface area contributed by atoms with Gasteiger partial charge in [0.15, 0.2) is 11.6 Å². The van der Waals surface area contributed by atoms with E-state index in [1.807, 2.05) is 26.8 Å². The van der Waals surface area contributed by atoms with Crippen molar-refractivity contribution in [2.45, 2.75) is 32.8 Å². The summed E-state index contributed by atoms with van der Waals surface area (Å²) >= 11 is 0. The van der Waals surface area contributed by atoms with Gasteiger partial charge in [0, 0.05) is 18.2 Å². The van der Waals surface area contributed by atoms with Gasteiger partial charge in [-0.25, -0.2) is 8.78 Å². The molecule has 1 unspecified atom stereocenters. The van der Waals surface area contributed by atoms with E-state index in [4.69, 9.17) is 10.5 Å². The van der Waals surface area contributed by atoms with Crippen molar-refractivity contribution in [1.82, 2.24) is 0 Å². The highest BCUT2D eigenvalue weighted by Crippen LogP contribution is 2.36. The molecule has 1 aliphatic carbocycles. The van der Waals surface area contributed by atoms with Crippen molar-refractivity contribution in [1.29, 1.82) is 0 Å². The van der Waals surface area contributed by atoms with Gasteiger partial charge < -0.3 is 10.5 Å². The van der Waals surface area contributed by atoms with Crippen LogP contribution in [0.2, 0.25) is 0 Å². The Balaban J connectivity index is 2.31. The molecule has 0 fully saturated rings. The zero-order chi connectivity index (χ0) is 14.2. The molecule has 1 aliphatic rings. The van der Waals surface area contributed by atoms with Crippen LogP contribution in [0.5, 0.6) is 5.75 Å². The molecular weight excluding hydrogens is 248 g/mol. The number of allylic oxidation sites excluding steroid dienone is 1. The first-order valence-corrected chi connectivity index (χ1v) is 6.10. The largest absolute Gasteiger partial charge is 0.480 e. The van der Waals surface area contributed by atoms with Crippen LogP contribution in [0.25, 0.3) is 0 Å². The molecule has 0 bridgehead atoms. The summed E-state index contributed by atoms with van der Waals surface area (Å²) in [6.45, 7) is 5.68. The molecule has 19 heavy (non-hydrogen) atoms. The number of rotatable bonds is 2. The van der Waals surface area contributed by atoms with Crippen LogP contribution in [0.3, 0.4) is 0 Å². The van der Waals surface area contributed by atoms with E-state index in [0.717, 1.165) is 22.9 Å². The molecular formula is C15H17F2NO. The molecule has 1 aromatic carbocycles. The third-order valence-corrected chi connectivity index (χ3v) is 3.53. The van der Waals surface area contributed by atoms with Crippen LogP contribution in [0.4, 0.5) is 8.78 Å². The van der Waals surface area contributed by atoms with Crippen LogP contribution in [0.15, 0.2) is 41.1 Å². The van der Waals surface area contributed by atoms with Crippen molar-refractivity contribution >= 4 is 0 Å². The fourth-order valence-corrected chi connectivity index (χ4v) is 2.17. The van der Waals surface area contributed by atoms with Crippen LogP contribution in [-0.4, -0.2) is 5.60 Å². The van der Waals surface area contributed by atoms with Gasteiger partial charge in [0.1, 0.15) is 11.4 Å². The summed E-state index contributed by atoms with van der Waals surface area (Å²) in [6.07, 6.45) is 2.41. The summed E-state index contributed by atoms with van der Waals surface area (Å²) in [4.78, 5) is 0. The summed E-state index contributed by atoms with van der Waals surface area (Å²) in [6, 6.07) is 3.30. The Bertz CT molecular complexity index is 578. The third-order valence-electron chi connectivity index (χ3n) is 3.53. The quantitative estimate of drug-likeness (QED) is 0.885. The van der Waals surface area contributed by atoms with Gasteiger partial charge in [-0.1, -0.05) is 0 Å². The third kappa shape index (κ3) is 2.62. The van der Waals surface area contributed by atoms with Crippen molar-refractivity contribution in [2.75, 3.05) is 0 Å². The van der Waals surface area contributed by atoms with Crippen LogP contribution in [-0.2, 0) is 0 Å². The minimum absolute atomic E-state index is 0.0462. The first kappa shape index (κ1) is 13.6. The van der Waals surface area contributed by atoms with Crippen LogP contribution >= 0.6 is 0 Å². The van der Waals surface area contributed by atoms with Crippen molar-refractivity contribution < 1.29 is 13.5 Å². The summed E-state index contributed by atoms with van der Waals surface area (Å²) in [7, 11) is 0. The molecule has 0 aromatic heterocycles. The molecule has 0 amide bonds. The van der Waals surface area contributed by atoms with E-state index >= 15 is 0 Å². The molecule has 0 aliphatic heterocycles. The molecule has 102 valence electrons. The number of ether oxygens (including phenoxy) is 1. The zero-order valence-corrected chi connectivity index (χ0v) is 11.3. The fraction of sp³-hybridized carbons (Fsp3) is 0.333. The van der Waals surface area contributed by atoms with Gasteiger partial charge in [-0.15, -0.1) is 0 Å². The predicted molar refractivity (Wildman–Crippen MR) is 70.7 cm³/mol. The van der Waals surface area contributed by atoms with E-state index in [2.05, 4.69) is 0 Å². The van der Waals surface area contributed by atoms with Gasteiger partial charge >= 0.3 is 0 Å². The van der Waals surface area contributed by atoms with Crippen molar-refractivity contribution in [3.63, 3.8) is 0 Å². The molecule has 0 spiro atoms. The average molecular weight is 265 g/mol. The summed E-state index contributed by atoms with van der Waals surface area (Å²) in [5, 5.41) is 0. The predicted octanol–water partition coefficient (Wildman–Crippen LogP) is 3.69. The number of hydrogen-bond acceptors (Lipinski definition) is 2. The SMILES string of the molecule is CC1=CC(N)=C(C)CC1(C)Oc1ccc(F)cc1F. The second-order valence-electron chi connectivity index (χ2n) is 5.15. The van der Waals surface area contributed by atoms with Gasteiger partial charge in [0.25, 0.3) is 0 Å². The molecule has 0 heterocycles. The van der Waals surface area contributed by atoms with E-state index in [1.165, 1.54) is 12.1 Å². The monoisotopic (exact) mass is 265 g/mol. The highest BCUT2D eigenvalue weighted by atomic mass is 19.1. The first-order chi connectivity index (χ1) is 8.82. The number of hydrogen-bond donors (Lipinski definition) is 1. The maximum atomic E-state index is 13.7. The minimum Gasteiger partial charge on any atom is -0.480 e. The topological polar surface area (TPSA) is 35.2 Å². The average Bonchev–Trinajstić information content (AvgIpc) is 2.31. The molecule has 2 nitrogen and oxygen atoms in total. The van der Waals surface area contributed by atoms with Crippen LogP contribution in [0, 0.1) is 11.6 Å². The van der Waals surface area contributed by atoms with E-state index in [9.17, 15) is 8.78 Å². The van der Waals surface area contributed by atoms with Crippen LogP contribution < -0.4 is 10.5 Å². The second kappa shape index (κ2) is 4.68. The Morgan fingerprint density at radius 3 is 2.58 bits per heavy atom. The van der Waals surface area contributed by atoms with Crippen molar-refractivity contribution in [3.05, 3.63) is 52.8 Å². The fourth-order valence-electron chi connectivity index (χ4n) is 2.17. The highest BCUT2D eigenvalue weighted by molar-refractivity contribution is 5.38. The lowest BCUT2D eigenvalue weighted by Crippen LogP contribution is -2.37. The Labute approximate surface area is 111 Å². The smallest absolute Gasteiger partial charge is 0.168 e. The Kier molecular flexibility index (Phi) is 3.35. The lowest BCUT2D eigenvalue weighted by Gasteiger charge is -2.35. The van der Waals surface area contributed by atoms with Gasteiger partial charge in [0.05, 0.1) is 0 Å². The highest BCUT2D eigenvalue weighted by Gasteiger charge is 2.33. The normalized spacial score (nSPS) is 23.3. The zero-order valence-electron chi connectivity index (χ0n) is 11.3. The molecule has 0 saturated carbocycles. The number of nitrogens with two attached hydrogens (primary N) is 1. The second-order valence-corrected chi connectivity index (χ2v) is 5.15. The van der Waals surface area contributed by atoms with E-state index in [-0.39, 0.29) is 5.75 Å². The minimum atomic E-state index is -0.700. The molecule has 4 heteroatoms. The van der Waals surface area contributed by atoms with Gasteiger partial charge in [-0.3, -0.25) is 0 Å². The van der Waals surface area contributed by atoms with E-state index in [1.54, 1.807) is 0 Å². The van der Waals surface area contributed by atoms with Crippen molar-refractivity contribution in [3.8, 4) is 5.75 Å². The summed E-state index contributed by atoms with van der Waals surface area (Å²) < 4.78 is 32.3. The Morgan fingerprint density at radius 2 is 1.95 bits per heavy atom. The maximum absolute atomic E-state index is 13.7. The molecule has 0 radical (unpaired) electrons. The molecule has 1 atom stereocenters. The standard InChI is InChI=1S/C15H17F2NO/c1-9-8-15(3,10(2)6-13(9)18)19-14-5-4-11(16)7-12(14)17/h4-7H,8,18H2,1-3H3.